The van der Waals surface area contributed by atoms with Gasteiger partial charge in [0.25, 0.3) is 0 Å². The van der Waals surface area contributed by atoms with Crippen LogP contribution in [0.15, 0.2) is 24.8 Å². The van der Waals surface area contributed by atoms with Crippen molar-refractivity contribution in [1.82, 2.24) is 0 Å². The number of rotatable bonds is 9. The minimum absolute atomic E-state index is 0.301. The summed E-state index contributed by atoms with van der Waals surface area (Å²) in [5.74, 6) is -0.415. The first-order valence-corrected chi connectivity index (χ1v) is 9.36. The number of hydrogen-bond acceptors (Lipinski definition) is 4. The summed E-state index contributed by atoms with van der Waals surface area (Å²) in [6.07, 6.45) is 1.25. The second-order valence-corrected chi connectivity index (χ2v) is 9.57. The molecule has 1 atom stereocenters. The first-order valence-electron chi connectivity index (χ1n) is 5.95. The zero-order valence-electron chi connectivity index (χ0n) is 11.8. The second-order valence-electron chi connectivity index (χ2n) is 5.06. The van der Waals surface area contributed by atoms with Gasteiger partial charge in [0.2, 0.25) is 0 Å². The van der Waals surface area contributed by atoms with Crippen LogP contribution >= 0.6 is 0 Å². The molecule has 0 saturated carbocycles. The molecule has 0 saturated heterocycles. The summed E-state index contributed by atoms with van der Waals surface area (Å²) in [6.45, 7) is 16.0. The Balaban J connectivity index is 4.28. The van der Waals surface area contributed by atoms with Crippen LogP contribution < -0.4 is 0 Å². The molecule has 0 N–H and O–H groups in total. The van der Waals surface area contributed by atoms with Gasteiger partial charge in [-0.1, -0.05) is 12.7 Å². The minimum atomic E-state index is -1.64. The molecule has 0 heterocycles. The first-order chi connectivity index (χ1) is 8.26. The van der Waals surface area contributed by atoms with Crippen molar-refractivity contribution in [2.45, 2.75) is 32.7 Å². The Morgan fingerprint density at radius 3 is 2.39 bits per heavy atom. The lowest BCUT2D eigenvalue weighted by atomic mass is 10.3. The van der Waals surface area contributed by atoms with E-state index in [0.29, 0.717) is 25.4 Å². The third-order valence-electron chi connectivity index (χ3n) is 1.86. The van der Waals surface area contributed by atoms with E-state index < -0.39 is 20.4 Å². The lowest BCUT2D eigenvalue weighted by molar-refractivity contribution is -0.149. The molecule has 104 valence electrons. The number of hydrogen-bond donors (Lipinski definition) is 0. The van der Waals surface area contributed by atoms with Crippen molar-refractivity contribution in [3.05, 3.63) is 24.8 Å². The highest BCUT2D eigenvalue weighted by molar-refractivity contribution is 6.69. The minimum Gasteiger partial charge on any atom is -0.454 e. The van der Waals surface area contributed by atoms with E-state index in [1.54, 1.807) is 13.0 Å². The quantitative estimate of drug-likeness (QED) is 0.213. The summed E-state index contributed by atoms with van der Waals surface area (Å²) in [7, 11) is -1.64. The van der Waals surface area contributed by atoms with E-state index >= 15 is 0 Å². The zero-order chi connectivity index (χ0) is 14.2. The molecule has 0 bridgehead atoms. The molecule has 0 aliphatic heterocycles. The van der Waals surface area contributed by atoms with Crippen LogP contribution in [0.2, 0.25) is 19.6 Å². The van der Waals surface area contributed by atoms with Gasteiger partial charge >= 0.3 is 5.97 Å². The predicted molar refractivity (Wildman–Crippen MR) is 75.0 cm³/mol. The fourth-order valence-electron chi connectivity index (χ4n) is 0.994. The number of carbonyl (C=O) groups excluding carboxylic acids is 1. The van der Waals surface area contributed by atoms with E-state index in [0.717, 1.165) is 0 Å². The third kappa shape index (κ3) is 9.15. The molecule has 0 spiro atoms. The highest BCUT2D eigenvalue weighted by Crippen LogP contribution is 2.07. The largest absolute Gasteiger partial charge is 0.454 e. The molecule has 18 heavy (non-hydrogen) atoms. The first kappa shape index (κ1) is 17.1. The van der Waals surface area contributed by atoms with Crippen LogP contribution in [-0.4, -0.2) is 40.2 Å². The molecule has 0 amide bonds. The van der Waals surface area contributed by atoms with E-state index in [1.807, 2.05) is 0 Å². The van der Waals surface area contributed by atoms with Crippen LogP contribution in [0.3, 0.4) is 0 Å². The van der Waals surface area contributed by atoms with Crippen LogP contribution in [0.5, 0.6) is 0 Å². The molecule has 0 aliphatic carbocycles. The van der Waals surface area contributed by atoms with Crippen molar-refractivity contribution in [1.29, 1.82) is 0 Å². The van der Waals surface area contributed by atoms with Crippen LogP contribution in [-0.2, 0) is 18.7 Å². The molecule has 0 fully saturated rings. The Kier molecular flexibility index (Phi) is 7.82. The van der Waals surface area contributed by atoms with E-state index in [-0.39, 0.29) is 0 Å². The topological polar surface area (TPSA) is 44.8 Å². The van der Waals surface area contributed by atoms with Gasteiger partial charge in [-0.2, -0.15) is 0 Å². The van der Waals surface area contributed by atoms with Crippen molar-refractivity contribution >= 4 is 14.3 Å². The Labute approximate surface area is 111 Å². The maximum Gasteiger partial charge on any atom is 0.333 e. The molecular weight excluding hydrogens is 248 g/mol. The molecule has 0 aromatic heterocycles. The Morgan fingerprint density at radius 2 is 1.94 bits per heavy atom. The monoisotopic (exact) mass is 272 g/mol. The lowest BCUT2D eigenvalue weighted by Gasteiger charge is -2.23. The van der Waals surface area contributed by atoms with Gasteiger partial charge < -0.3 is 13.9 Å². The fourth-order valence-corrected chi connectivity index (χ4v) is 1.68. The normalized spacial score (nSPS) is 12.9. The highest BCUT2D eigenvalue weighted by Gasteiger charge is 2.20. The maximum atomic E-state index is 11.5. The molecular formula is C13H24O4Si. The van der Waals surface area contributed by atoms with Crippen molar-refractivity contribution in [2.75, 3.05) is 19.8 Å². The Hall–Kier alpha value is -0.913. The molecule has 0 radical (unpaired) electrons. The molecule has 0 rings (SSSR count). The van der Waals surface area contributed by atoms with E-state index in [9.17, 15) is 4.79 Å². The molecule has 0 aromatic rings. The average Bonchev–Trinajstić information content (AvgIpc) is 2.24. The van der Waals surface area contributed by atoms with Gasteiger partial charge in [0.05, 0.1) is 19.8 Å². The average molecular weight is 272 g/mol. The van der Waals surface area contributed by atoms with E-state index in [4.69, 9.17) is 13.9 Å². The van der Waals surface area contributed by atoms with Gasteiger partial charge in [0.15, 0.2) is 8.32 Å². The standard InChI is InChI=1S/C13H24O4Si/c1-7-8-15-9-12(10-16-18(4,5)6)17-13(14)11(2)3/h7,12H,1-2,8-10H2,3-6H3. The summed E-state index contributed by atoms with van der Waals surface area (Å²) < 4.78 is 16.3. The van der Waals surface area contributed by atoms with Crippen molar-refractivity contribution < 1.29 is 18.7 Å². The van der Waals surface area contributed by atoms with Crippen LogP contribution in [0, 0.1) is 0 Å². The van der Waals surface area contributed by atoms with E-state index in [1.165, 1.54) is 0 Å². The predicted octanol–water partition coefficient (Wildman–Crippen LogP) is 2.53. The fraction of sp³-hybridized carbons (Fsp3) is 0.615. The summed E-state index contributed by atoms with van der Waals surface area (Å²) in [5, 5.41) is 0. The third-order valence-corrected chi connectivity index (χ3v) is 2.90. The Bertz CT molecular complexity index is 294. The van der Waals surface area contributed by atoms with Gasteiger partial charge in [-0.25, -0.2) is 4.79 Å². The second kappa shape index (κ2) is 8.23. The summed E-state index contributed by atoms with van der Waals surface area (Å²) in [5.41, 5.74) is 0.372. The smallest absolute Gasteiger partial charge is 0.333 e. The van der Waals surface area contributed by atoms with Gasteiger partial charge in [0, 0.05) is 5.57 Å². The maximum absolute atomic E-state index is 11.5. The van der Waals surface area contributed by atoms with Crippen LogP contribution in [0.25, 0.3) is 0 Å². The lowest BCUT2D eigenvalue weighted by Crippen LogP contribution is -2.35. The highest BCUT2D eigenvalue weighted by atomic mass is 28.4. The number of carbonyl (C=O) groups is 1. The molecule has 0 aromatic carbocycles. The van der Waals surface area contributed by atoms with Crippen molar-refractivity contribution in [2.24, 2.45) is 0 Å². The Morgan fingerprint density at radius 1 is 1.33 bits per heavy atom. The molecule has 5 heteroatoms. The van der Waals surface area contributed by atoms with Gasteiger partial charge in [-0.3, -0.25) is 0 Å². The van der Waals surface area contributed by atoms with Crippen molar-refractivity contribution in [3.63, 3.8) is 0 Å². The van der Waals surface area contributed by atoms with E-state index in [2.05, 4.69) is 32.8 Å². The molecule has 4 nitrogen and oxygen atoms in total. The number of esters is 1. The summed E-state index contributed by atoms with van der Waals surface area (Å²) in [4.78, 5) is 11.5. The zero-order valence-corrected chi connectivity index (χ0v) is 12.8. The van der Waals surface area contributed by atoms with Crippen LogP contribution in [0.4, 0.5) is 0 Å². The SMILES string of the molecule is C=CCOCC(CO[Si](C)(C)C)OC(=O)C(=C)C. The van der Waals surface area contributed by atoms with Crippen LogP contribution in [0.1, 0.15) is 6.92 Å². The van der Waals surface area contributed by atoms with Gasteiger partial charge in [-0.15, -0.1) is 6.58 Å². The van der Waals surface area contributed by atoms with Crippen molar-refractivity contribution in [3.8, 4) is 0 Å². The molecule has 1 unspecified atom stereocenters. The summed E-state index contributed by atoms with van der Waals surface area (Å²) in [6, 6.07) is 0. The van der Waals surface area contributed by atoms with Gasteiger partial charge in [-0.05, 0) is 26.6 Å². The number of ether oxygens (including phenoxy) is 2. The summed E-state index contributed by atoms with van der Waals surface area (Å²) >= 11 is 0. The van der Waals surface area contributed by atoms with Gasteiger partial charge in [0.1, 0.15) is 6.10 Å². The molecule has 0 aliphatic rings.